The van der Waals surface area contributed by atoms with Crippen LogP contribution in [0.25, 0.3) is 0 Å². The van der Waals surface area contributed by atoms with Crippen molar-refractivity contribution in [1.82, 2.24) is 9.88 Å². The molecule has 0 aliphatic carbocycles. The van der Waals surface area contributed by atoms with Crippen LogP contribution in [0.5, 0.6) is 0 Å². The fourth-order valence-corrected chi connectivity index (χ4v) is 4.75. The van der Waals surface area contributed by atoms with Gasteiger partial charge in [0.05, 0.1) is 14.9 Å². The molecule has 2 fully saturated rings. The van der Waals surface area contributed by atoms with Gasteiger partial charge in [0.15, 0.2) is 12.4 Å². The average Bonchev–Trinajstić information content (AvgIpc) is 3.04. The quantitative estimate of drug-likeness (QED) is 0.775. The zero-order valence-corrected chi connectivity index (χ0v) is 15.6. The summed E-state index contributed by atoms with van der Waals surface area (Å²) in [4.78, 5) is 41.3. The minimum absolute atomic E-state index is 0.0592. The molecule has 2 atom stereocenters. The second-order valence-electron chi connectivity index (χ2n) is 5.91. The molecule has 3 rings (SSSR count). The molecule has 1 aromatic rings. The Morgan fingerprint density at radius 3 is 3.00 bits per heavy atom. The summed E-state index contributed by atoms with van der Waals surface area (Å²) < 4.78 is 5.07. The summed E-state index contributed by atoms with van der Waals surface area (Å²) in [6.07, 6.45) is 2.47. The van der Waals surface area contributed by atoms with Crippen LogP contribution in [0.3, 0.4) is 0 Å². The normalized spacial score (nSPS) is 25.0. The molecule has 2 amide bonds. The second-order valence-corrected chi connectivity index (χ2v) is 8.25. The van der Waals surface area contributed by atoms with Crippen LogP contribution in [0.15, 0.2) is 12.3 Å². The molecule has 2 saturated heterocycles. The van der Waals surface area contributed by atoms with Gasteiger partial charge in [-0.25, -0.2) is 9.78 Å². The standard InChI is InChI=1S/C15H15Cl2N3O4S/c1-15-3-2-12(22)20(15)10(7-25-15)14(23)24-6-11(21)19-13-9(17)4-8(16)5-18-13/h4-5,10H,2-3,6-7H2,1H3,(H,18,19,21)/t10-,15+/m0/s1. The zero-order valence-electron chi connectivity index (χ0n) is 13.3. The molecule has 0 aromatic carbocycles. The summed E-state index contributed by atoms with van der Waals surface area (Å²) in [6.45, 7) is 1.45. The fourth-order valence-electron chi connectivity index (χ4n) is 2.90. The van der Waals surface area contributed by atoms with Crippen molar-refractivity contribution in [1.29, 1.82) is 0 Å². The number of ether oxygens (including phenoxy) is 1. The van der Waals surface area contributed by atoms with Crippen molar-refractivity contribution < 1.29 is 19.1 Å². The molecule has 1 aromatic heterocycles. The van der Waals surface area contributed by atoms with Gasteiger partial charge in [-0.3, -0.25) is 9.59 Å². The third kappa shape index (κ3) is 3.70. The lowest BCUT2D eigenvalue weighted by atomic mass is 10.2. The van der Waals surface area contributed by atoms with E-state index < -0.39 is 24.5 Å². The lowest BCUT2D eigenvalue weighted by molar-refractivity contribution is -0.155. The van der Waals surface area contributed by atoms with E-state index in [1.54, 1.807) is 16.7 Å². The molecule has 25 heavy (non-hydrogen) atoms. The fraction of sp³-hybridized carbons (Fsp3) is 0.467. The molecule has 0 saturated carbocycles. The highest BCUT2D eigenvalue weighted by Gasteiger charge is 2.53. The van der Waals surface area contributed by atoms with Crippen LogP contribution < -0.4 is 5.32 Å². The first-order valence-electron chi connectivity index (χ1n) is 7.54. The number of thioether (sulfide) groups is 1. The zero-order chi connectivity index (χ0) is 18.2. The van der Waals surface area contributed by atoms with E-state index in [0.717, 1.165) is 0 Å². The van der Waals surface area contributed by atoms with E-state index >= 15 is 0 Å². The highest BCUT2D eigenvalue weighted by molar-refractivity contribution is 8.01. The van der Waals surface area contributed by atoms with E-state index in [4.69, 9.17) is 27.9 Å². The predicted molar refractivity (Wildman–Crippen MR) is 94.6 cm³/mol. The van der Waals surface area contributed by atoms with Crippen molar-refractivity contribution in [2.45, 2.75) is 30.7 Å². The van der Waals surface area contributed by atoms with Crippen molar-refractivity contribution in [3.05, 3.63) is 22.3 Å². The minimum atomic E-state index is -0.657. The number of esters is 1. The first-order chi connectivity index (χ1) is 11.8. The molecule has 0 unspecified atom stereocenters. The number of aromatic nitrogens is 1. The van der Waals surface area contributed by atoms with Crippen LogP contribution in [0, 0.1) is 0 Å². The topological polar surface area (TPSA) is 88.6 Å². The number of halogens is 2. The van der Waals surface area contributed by atoms with E-state index in [9.17, 15) is 14.4 Å². The van der Waals surface area contributed by atoms with Crippen LogP contribution in [0.1, 0.15) is 19.8 Å². The van der Waals surface area contributed by atoms with Crippen LogP contribution >= 0.6 is 35.0 Å². The van der Waals surface area contributed by atoms with Gasteiger partial charge < -0.3 is 15.0 Å². The van der Waals surface area contributed by atoms with Crippen molar-refractivity contribution in [3.63, 3.8) is 0 Å². The number of rotatable bonds is 4. The third-order valence-corrected chi connectivity index (χ3v) is 6.13. The van der Waals surface area contributed by atoms with Crippen LogP contribution in [0.2, 0.25) is 10.0 Å². The van der Waals surface area contributed by atoms with Crippen LogP contribution in [-0.4, -0.2) is 50.9 Å². The molecule has 7 nitrogen and oxygen atoms in total. The predicted octanol–water partition coefficient (Wildman–Crippen LogP) is 2.32. The van der Waals surface area contributed by atoms with Gasteiger partial charge in [0, 0.05) is 18.4 Å². The number of nitrogens with zero attached hydrogens (tertiary/aromatic N) is 2. The van der Waals surface area contributed by atoms with Gasteiger partial charge in [-0.15, -0.1) is 11.8 Å². The number of fused-ring (bicyclic) bond motifs is 1. The molecular formula is C15H15Cl2N3O4S. The first kappa shape index (κ1) is 18.3. The Balaban J connectivity index is 1.55. The number of amides is 2. The van der Waals surface area contributed by atoms with E-state index in [1.165, 1.54) is 12.3 Å². The summed E-state index contributed by atoms with van der Waals surface area (Å²) in [5.74, 6) is -0.627. The molecule has 10 heteroatoms. The van der Waals surface area contributed by atoms with E-state index in [0.29, 0.717) is 23.6 Å². The SMILES string of the molecule is C[C@@]12CCC(=O)N1[C@H](C(=O)OCC(=O)Nc1ncc(Cl)cc1Cl)CS2. The molecule has 134 valence electrons. The molecule has 3 heterocycles. The molecule has 2 aliphatic rings. The molecular weight excluding hydrogens is 389 g/mol. The number of nitrogens with one attached hydrogen (secondary N) is 1. The number of anilines is 1. The van der Waals surface area contributed by atoms with Gasteiger partial charge >= 0.3 is 5.97 Å². The van der Waals surface area contributed by atoms with Crippen LogP contribution in [0.4, 0.5) is 5.82 Å². The lowest BCUT2D eigenvalue weighted by Gasteiger charge is -2.29. The van der Waals surface area contributed by atoms with E-state index in [2.05, 4.69) is 10.3 Å². The summed E-state index contributed by atoms with van der Waals surface area (Å²) in [6, 6.07) is 0.780. The average molecular weight is 404 g/mol. The van der Waals surface area contributed by atoms with Crippen LogP contribution in [-0.2, 0) is 19.1 Å². The van der Waals surface area contributed by atoms with Gasteiger partial charge in [0.25, 0.3) is 5.91 Å². The molecule has 0 radical (unpaired) electrons. The van der Waals surface area contributed by atoms with Crippen molar-refractivity contribution in [2.24, 2.45) is 0 Å². The Morgan fingerprint density at radius 2 is 2.28 bits per heavy atom. The maximum absolute atomic E-state index is 12.3. The number of carbonyl (C=O) groups excluding carboxylic acids is 3. The highest BCUT2D eigenvalue weighted by atomic mass is 35.5. The third-order valence-electron chi connectivity index (χ3n) is 4.13. The summed E-state index contributed by atoms with van der Waals surface area (Å²) in [5, 5.41) is 2.96. The number of pyridine rings is 1. The number of hydrogen-bond donors (Lipinski definition) is 1. The van der Waals surface area contributed by atoms with Crippen molar-refractivity contribution in [3.8, 4) is 0 Å². The van der Waals surface area contributed by atoms with Gasteiger partial charge in [-0.2, -0.15) is 0 Å². The summed E-state index contributed by atoms with van der Waals surface area (Å²) >= 11 is 13.2. The van der Waals surface area contributed by atoms with E-state index in [1.807, 2.05) is 6.92 Å². The Kier molecular flexibility index (Phi) is 5.13. The largest absolute Gasteiger partial charge is 0.454 e. The lowest BCUT2D eigenvalue weighted by Crippen LogP contribution is -2.47. The van der Waals surface area contributed by atoms with Gasteiger partial charge in [0.2, 0.25) is 5.91 Å². The Hall–Kier alpha value is -1.51. The number of hydrogen-bond acceptors (Lipinski definition) is 6. The van der Waals surface area contributed by atoms with E-state index in [-0.39, 0.29) is 21.6 Å². The Labute approximate surface area is 158 Å². The highest BCUT2D eigenvalue weighted by Crippen LogP contribution is 2.47. The maximum Gasteiger partial charge on any atom is 0.330 e. The minimum Gasteiger partial charge on any atom is -0.454 e. The summed E-state index contributed by atoms with van der Waals surface area (Å²) in [5.41, 5.74) is 0. The number of carbonyl (C=O) groups is 3. The van der Waals surface area contributed by atoms with Gasteiger partial charge in [-0.1, -0.05) is 23.2 Å². The smallest absolute Gasteiger partial charge is 0.330 e. The molecule has 0 spiro atoms. The maximum atomic E-state index is 12.3. The van der Waals surface area contributed by atoms with Gasteiger partial charge in [-0.05, 0) is 19.4 Å². The first-order valence-corrected chi connectivity index (χ1v) is 9.28. The molecule has 0 bridgehead atoms. The van der Waals surface area contributed by atoms with Crippen molar-refractivity contribution in [2.75, 3.05) is 17.7 Å². The summed E-state index contributed by atoms with van der Waals surface area (Å²) in [7, 11) is 0. The molecule has 2 aliphatic heterocycles. The van der Waals surface area contributed by atoms with Gasteiger partial charge in [0.1, 0.15) is 6.04 Å². The molecule has 1 N–H and O–H groups in total. The second kappa shape index (κ2) is 7.01. The van der Waals surface area contributed by atoms with Crippen molar-refractivity contribution >= 4 is 58.6 Å². The monoisotopic (exact) mass is 403 g/mol. The Bertz CT molecular complexity index is 747. The Morgan fingerprint density at radius 1 is 1.52 bits per heavy atom.